The number of aryl methyl sites for hydroxylation is 1. The van der Waals surface area contributed by atoms with Gasteiger partial charge in [-0.05, 0) is 13.3 Å². The fraction of sp³-hybridized carbons (Fsp3) is 0.526. The Kier molecular flexibility index (Phi) is 11.3. The van der Waals surface area contributed by atoms with Crippen LogP contribution in [0.1, 0.15) is 18.1 Å². The van der Waals surface area contributed by atoms with Crippen molar-refractivity contribution in [2.75, 3.05) is 46.9 Å². The lowest BCUT2D eigenvalue weighted by Crippen LogP contribution is -2.32. The largest absolute Gasteiger partial charge is 0.493 e. The maximum absolute atomic E-state index is 5.42. The van der Waals surface area contributed by atoms with Crippen molar-refractivity contribution < 1.29 is 18.9 Å². The van der Waals surface area contributed by atoms with Gasteiger partial charge in [-0.15, -0.1) is 34.2 Å². The van der Waals surface area contributed by atoms with Crippen molar-refractivity contribution >= 4 is 35.6 Å². The van der Waals surface area contributed by atoms with Crippen LogP contribution in [0.15, 0.2) is 17.1 Å². The normalized spacial score (nSPS) is 10.9. The number of hydrogen-bond acceptors (Lipinski definition) is 7. The molecule has 168 valence electrons. The van der Waals surface area contributed by atoms with E-state index < -0.39 is 0 Å². The number of benzene rings is 1. The zero-order valence-electron chi connectivity index (χ0n) is 18.3. The Morgan fingerprint density at radius 3 is 2.23 bits per heavy atom. The van der Waals surface area contributed by atoms with Gasteiger partial charge in [-0.3, -0.25) is 0 Å². The molecule has 0 atom stereocenters. The molecule has 0 aliphatic carbocycles. The molecule has 0 radical (unpaired) electrons. The molecule has 1 aromatic heterocycles. The van der Waals surface area contributed by atoms with Gasteiger partial charge in [0.1, 0.15) is 12.4 Å². The van der Waals surface area contributed by atoms with Crippen LogP contribution in [-0.4, -0.2) is 62.3 Å². The summed E-state index contributed by atoms with van der Waals surface area (Å²) in [6.45, 7) is 3.63. The van der Waals surface area contributed by atoms with Crippen molar-refractivity contribution in [3.8, 4) is 17.2 Å². The van der Waals surface area contributed by atoms with Gasteiger partial charge < -0.3 is 34.1 Å². The highest BCUT2D eigenvalue weighted by atomic mass is 127. The van der Waals surface area contributed by atoms with Gasteiger partial charge in [0.05, 0.1) is 21.3 Å². The Balaban J connectivity index is 0.00000450. The highest BCUT2D eigenvalue weighted by Gasteiger charge is 2.14. The fourth-order valence-electron chi connectivity index (χ4n) is 2.59. The van der Waals surface area contributed by atoms with Crippen LogP contribution >= 0.6 is 24.0 Å². The molecule has 0 fully saturated rings. The molecule has 2 aromatic rings. The SMILES string of the molecule is COCCCNC(=NCc1nnc(C)n1C)Nc1cc(OC)c(OC)c(OC)c1.I. The third-order valence-electron chi connectivity index (χ3n) is 4.31. The highest BCUT2D eigenvalue weighted by molar-refractivity contribution is 14.0. The lowest BCUT2D eigenvalue weighted by Gasteiger charge is -2.17. The second-order valence-electron chi connectivity index (χ2n) is 6.20. The number of methoxy groups -OCH3 is 4. The van der Waals surface area contributed by atoms with Crippen LogP contribution in [0.25, 0.3) is 0 Å². The number of guanidine groups is 1. The molecule has 0 bridgehead atoms. The van der Waals surface area contributed by atoms with E-state index in [9.17, 15) is 0 Å². The summed E-state index contributed by atoms with van der Waals surface area (Å²) in [5.74, 6) is 3.83. The smallest absolute Gasteiger partial charge is 0.203 e. The second kappa shape index (κ2) is 13.1. The molecular formula is C19H31IN6O4. The van der Waals surface area contributed by atoms with Crippen LogP contribution in [0, 0.1) is 6.92 Å². The molecule has 1 heterocycles. The first-order valence-electron chi connectivity index (χ1n) is 9.23. The third kappa shape index (κ3) is 6.90. The summed E-state index contributed by atoms with van der Waals surface area (Å²) in [7, 11) is 8.32. The first-order chi connectivity index (χ1) is 14.0. The number of anilines is 1. The van der Waals surface area contributed by atoms with E-state index in [2.05, 4.69) is 25.8 Å². The molecule has 10 nitrogen and oxygen atoms in total. The molecular weight excluding hydrogens is 503 g/mol. The average molecular weight is 534 g/mol. The van der Waals surface area contributed by atoms with E-state index >= 15 is 0 Å². The van der Waals surface area contributed by atoms with E-state index in [1.807, 2.05) is 30.7 Å². The number of nitrogens with zero attached hydrogens (tertiary/aromatic N) is 4. The van der Waals surface area contributed by atoms with Crippen LogP contribution in [0.5, 0.6) is 17.2 Å². The van der Waals surface area contributed by atoms with Gasteiger partial charge in [0.2, 0.25) is 5.75 Å². The zero-order chi connectivity index (χ0) is 21.2. The summed E-state index contributed by atoms with van der Waals surface area (Å²) in [5, 5.41) is 14.8. The summed E-state index contributed by atoms with van der Waals surface area (Å²) in [5.41, 5.74) is 0.742. The minimum atomic E-state index is 0. The number of aliphatic imine (C=N–C) groups is 1. The van der Waals surface area contributed by atoms with Crippen LogP contribution < -0.4 is 24.8 Å². The maximum atomic E-state index is 5.42. The number of nitrogens with one attached hydrogen (secondary N) is 2. The molecule has 2 rings (SSSR count). The minimum absolute atomic E-state index is 0. The summed E-state index contributed by atoms with van der Waals surface area (Å²) in [4.78, 5) is 4.63. The maximum Gasteiger partial charge on any atom is 0.203 e. The quantitative estimate of drug-likeness (QED) is 0.207. The van der Waals surface area contributed by atoms with Gasteiger partial charge >= 0.3 is 0 Å². The average Bonchev–Trinajstić information content (AvgIpc) is 3.06. The van der Waals surface area contributed by atoms with E-state index in [4.69, 9.17) is 18.9 Å². The predicted molar refractivity (Wildman–Crippen MR) is 127 cm³/mol. The summed E-state index contributed by atoms with van der Waals surface area (Å²) < 4.78 is 23.2. The van der Waals surface area contributed by atoms with E-state index in [1.165, 1.54) is 0 Å². The fourth-order valence-corrected chi connectivity index (χ4v) is 2.59. The Morgan fingerprint density at radius 1 is 1.07 bits per heavy atom. The molecule has 2 N–H and O–H groups in total. The van der Waals surface area contributed by atoms with Gasteiger partial charge in [0, 0.05) is 45.1 Å². The van der Waals surface area contributed by atoms with E-state index in [-0.39, 0.29) is 24.0 Å². The van der Waals surface area contributed by atoms with Crippen molar-refractivity contribution in [3.05, 3.63) is 23.8 Å². The van der Waals surface area contributed by atoms with Crippen molar-refractivity contribution in [2.45, 2.75) is 19.9 Å². The molecule has 0 saturated heterocycles. The summed E-state index contributed by atoms with van der Waals surface area (Å²) in [6, 6.07) is 3.64. The first kappa shape index (κ1) is 25.8. The van der Waals surface area contributed by atoms with E-state index in [0.29, 0.717) is 42.9 Å². The van der Waals surface area contributed by atoms with Gasteiger partial charge in [-0.2, -0.15) is 0 Å². The molecule has 0 amide bonds. The Hall–Kier alpha value is -2.28. The van der Waals surface area contributed by atoms with E-state index in [0.717, 1.165) is 23.8 Å². The predicted octanol–water partition coefficient (Wildman–Crippen LogP) is 2.36. The molecule has 11 heteroatoms. The van der Waals surface area contributed by atoms with Gasteiger partial charge in [-0.1, -0.05) is 0 Å². The molecule has 0 aliphatic rings. The first-order valence-corrected chi connectivity index (χ1v) is 9.23. The number of ether oxygens (including phenoxy) is 4. The molecule has 0 saturated carbocycles. The molecule has 0 aliphatic heterocycles. The van der Waals surface area contributed by atoms with Crippen LogP contribution in [0.4, 0.5) is 5.69 Å². The Bertz CT molecular complexity index is 802. The van der Waals surface area contributed by atoms with Gasteiger partial charge in [0.15, 0.2) is 23.3 Å². The number of halogens is 1. The topological polar surface area (TPSA) is 104 Å². The van der Waals surface area contributed by atoms with Crippen molar-refractivity contribution in [2.24, 2.45) is 12.0 Å². The minimum Gasteiger partial charge on any atom is -0.493 e. The van der Waals surface area contributed by atoms with Crippen LogP contribution in [0.3, 0.4) is 0 Å². The van der Waals surface area contributed by atoms with Gasteiger partial charge in [0.25, 0.3) is 0 Å². The third-order valence-corrected chi connectivity index (χ3v) is 4.31. The highest BCUT2D eigenvalue weighted by Crippen LogP contribution is 2.39. The van der Waals surface area contributed by atoms with Gasteiger partial charge in [-0.25, -0.2) is 4.99 Å². The monoisotopic (exact) mass is 534 g/mol. The summed E-state index contributed by atoms with van der Waals surface area (Å²) in [6.07, 6.45) is 0.843. The number of rotatable bonds is 10. The van der Waals surface area contributed by atoms with Crippen LogP contribution in [-0.2, 0) is 18.3 Å². The van der Waals surface area contributed by atoms with Crippen molar-refractivity contribution in [1.82, 2.24) is 20.1 Å². The lowest BCUT2D eigenvalue weighted by atomic mass is 10.2. The number of aromatic nitrogens is 3. The molecule has 30 heavy (non-hydrogen) atoms. The second-order valence-corrected chi connectivity index (χ2v) is 6.20. The van der Waals surface area contributed by atoms with Crippen LogP contribution in [0.2, 0.25) is 0 Å². The summed E-state index contributed by atoms with van der Waals surface area (Å²) >= 11 is 0. The standard InChI is InChI=1S/C19H30N6O4.HI/c1-13-23-24-17(25(13)2)12-21-19(20-8-7-9-26-3)22-14-10-15(27-4)18(29-6)16(11-14)28-5;/h10-11H,7-9,12H2,1-6H3,(H2,20,21,22);1H. The Morgan fingerprint density at radius 2 is 1.73 bits per heavy atom. The van der Waals surface area contributed by atoms with Crippen molar-refractivity contribution in [3.63, 3.8) is 0 Å². The molecule has 1 aromatic carbocycles. The molecule has 0 unspecified atom stereocenters. The van der Waals surface area contributed by atoms with Crippen molar-refractivity contribution in [1.29, 1.82) is 0 Å². The number of hydrogen-bond donors (Lipinski definition) is 2. The zero-order valence-corrected chi connectivity index (χ0v) is 20.6. The van der Waals surface area contributed by atoms with E-state index in [1.54, 1.807) is 28.4 Å². The Labute approximate surface area is 194 Å². The molecule has 0 spiro atoms. The lowest BCUT2D eigenvalue weighted by molar-refractivity contribution is 0.195.